The van der Waals surface area contributed by atoms with Crippen LogP contribution >= 0.6 is 11.3 Å². The number of hydrogen-bond acceptors (Lipinski definition) is 6. The van der Waals surface area contributed by atoms with Crippen LogP contribution in [-0.2, 0) is 14.8 Å². The van der Waals surface area contributed by atoms with Gasteiger partial charge in [0.25, 0.3) is 5.91 Å². The molecule has 2 aliphatic heterocycles. The van der Waals surface area contributed by atoms with Crippen molar-refractivity contribution in [1.29, 1.82) is 0 Å². The topological polar surface area (TPSA) is 91.1 Å². The third-order valence-electron chi connectivity index (χ3n) is 6.03. The third-order valence-corrected chi connectivity index (χ3v) is 9.15. The number of carbonyl (C=O) groups excluding carboxylic acids is 2. The summed E-state index contributed by atoms with van der Waals surface area (Å²) in [4.78, 5) is 31.0. The van der Waals surface area contributed by atoms with Gasteiger partial charge in [-0.3, -0.25) is 9.59 Å². The number of sulfonamides is 1. The molecule has 168 valence electrons. The van der Waals surface area contributed by atoms with Gasteiger partial charge >= 0.3 is 0 Å². The molecule has 0 N–H and O–H groups in total. The normalized spacial score (nSPS) is 19.0. The Bertz CT molecular complexity index is 1040. The number of rotatable bonds is 4. The molecular formula is C21H27N3O5S2. The van der Waals surface area contributed by atoms with E-state index in [-0.39, 0.29) is 17.7 Å². The quantitative estimate of drug-likeness (QED) is 0.691. The van der Waals surface area contributed by atoms with E-state index >= 15 is 0 Å². The van der Waals surface area contributed by atoms with Gasteiger partial charge in [-0.2, -0.15) is 4.31 Å². The summed E-state index contributed by atoms with van der Waals surface area (Å²) in [5.74, 6) is 0.0992. The van der Waals surface area contributed by atoms with Crippen LogP contribution in [0.5, 0.6) is 0 Å². The number of carbonyl (C=O) groups is 2. The Kier molecular flexibility index (Phi) is 6.23. The molecule has 4 rings (SSSR count). The third kappa shape index (κ3) is 4.42. The van der Waals surface area contributed by atoms with E-state index in [0.29, 0.717) is 62.8 Å². The number of furan rings is 1. The van der Waals surface area contributed by atoms with E-state index in [1.807, 2.05) is 13.8 Å². The van der Waals surface area contributed by atoms with Gasteiger partial charge in [0.15, 0.2) is 5.76 Å². The molecule has 0 bridgehead atoms. The molecule has 0 aromatic carbocycles. The first-order chi connectivity index (χ1) is 14.8. The molecule has 2 saturated heterocycles. The van der Waals surface area contributed by atoms with Crippen molar-refractivity contribution in [3.63, 3.8) is 0 Å². The Balaban J connectivity index is 1.31. The average Bonchev–Trinajstić information content (AvgIpc) is 3.43. The van der Waals surface area contributed by atoms with E-state index in [9.17, 15) is 18.0 Å². The van der Waals surface area contributed by atoms with Crippen molar-refractivity contribution in [3.05, 3.63) is 40.0 Å². The minimum absolute atomic E-state index is 0.0599. The monoisotopic (exact) mass is 465 g/mol. The molecule has 0 saturated carbocycles. The van der Waals surface area contributed by atoms with Crippen molar-refractivity contribution in [3.8, 4) is 0 Å². The zero-order valence-corrected chi connectivity index (χ0v) is 19.4. The molecule has 0 unspecified atom stereocenters. The van der Waals surface area contributed by atoms with Crippen LogP contribution in [0.25, 0.3) is 0 Å². The molecule has 0 spiro atoms. The van der Waals surface area contributed by atoms with Crippen LogP contribution in [0.4, 0.5) is 0 Å². The highest BCUT2D eigenvalue weighted by atomic mass is 32.2. The van der Waals surface area contributed by atoms with Crippen LogP contribution in [0.1, 0.15) is 33.2 Å². The molecule has 4 heterocycles. The van der Waals surface area contributed by atoms with E-state index in [1.165, 1.54) is 21.9 Å². The molecule has 2 aliphatic rings. The highest BCUT2D eigenvalue weighted by Crippen LogP contribution is 2.29. The summed E-state index contributed by atoms with van der Waals surface area (Å²) in [6.07, 6.45) is 2.69. The first-order valence-electron chi connectivity index (χ1n) is 10.5. The van der Waals surface area contributed by atoms with Crippen molar-refractivity contribution in [2.24, 2.45) is 5.92 Å². The van der Waals surface area contributed by atoms with Crippen molar-refractivity contribution in [2.75, 3.05) is 39.3 Å². The SMILES string of the molecule is Cc1cc(S(=O)(=O)N2CCN(C(=O)C3CCN(C(=O)c4ccco4)CC3)CC2)c(C)s1. The smallest absolute Gasteiger partial charge is 0.289 e. The number of hydrogen-bond donors (Lipinski definition) is 0. The number of piperazine rings is 1. The van der Waals surface area contributed by atoms with E-state index in [4.69, 9.17) is 4.42 Å². The Morgan fingerprint density at radius 2 is 1.71 bits per heavy atom. The Morgan fingerprint density at radius 1 is 1.03 bits per heavy atom. The molecule has 2 aromatic heterocycles. The fraction of sp³-hybridized carbons (Fsp3) is 0.524. The maximum Gasteiger partial charge on any atom is 0.289 e. The van der Waals surface area contributed by atoms with Gasteiger partial charge in [-0.1, -0.05) is 0 Å². The van der Waals surface area contributed by atoms with Crippen molar-refractivity contribution in [1.82, 2.24) is 14.1 Å². The molecule has 31 heavy (non-hydrogen) atoms. The minimum Gasteiger partial charge on any atom is -0.459 e. The fourth-order valence-corrected chi connectivity index (χ4v) is 7.24. The van der Waals surface area contributed by atoms with Crippen LogP contribution in [0.15, 0.2) is 33.8 Å². The van der Waals surface area contributed by atoms with Gasteiger partial charge in [0, 0.05) is 54.9 Å². The summed E-state index contributed by atoms with van der Waals surface area (Å²) in [6, 6.07) is 5.06. The number of piperidine rings is 1. The molecular weight excluding hydrogens is 438 g/mol. The lowest BCUT2D eigenvalue weighted by atomic mass is 9.95. The molecule has 2 fully saturated rings. The van der Waals surface area contributed by atoms with E-state index in [0.717, 1.165) is 9.75 Å². The lowest BCUT2D eigenvalue weighted by Crippen LogP contribution is -2.53. The molecule has 2 aromatic rings. The Morgan fingerprint density at radius 3 is 2.26 bits per heavy atom. The lowest BCUT2D eigenvalue weighted by Gasteiger charge is -2.38. The summed E-state index contributed by atoms with van der Waals surface area (Å²) >= 11 is 1.48. The van der Waals surface area contributed by atoms with Crippen molar-refractivity contribution >= 4 is 33.2 Å². The minimum atomic E-state index is -3.53. The molecule has 8 nitrogen and oxygen atoms in total. The first kappa shape index (κ1) is 22.0. The van der Waals surface area contributed by atoms with Crippen LogP contribution in [0.3, 0.4) is 0 Å². The van der Waals surface area contributed by atoms with Crippen molar-refractivity contribution < 1.29 is 22.4 Å². The number of likely N-dealkylation sites (tertiary alicyclic amines) is 1. The zero-order chi connectivity index (χ0) is 22.2. The van der Waals surface area contributed by atoms with Gasteiger partial charge in [-0.15, -0.1) is 11.3 Å². The van der Waals surface area contributed by atoms with Crippen LogP contribution in [0.2, 0.25) is 0 Å². The van der Waals surface area contributed by atoms with Crippen LogP contribution in [0, 0.1) is 19.8 Å². The molecule has 0 radical (unpaired) electrons. The van der Waals surface area contributed by atoms with Gasteiger partial charge in [-0.25, -0.2) is 8.42 Å². The largest absolute Gasteiger partial charge is 0.459 e. The predicted octanol–water partition coefficient (Wildman–Crippen LogP) is 2.34. The maximum absolute atomic E-state index is 13.0. The van der Waals surface area contributed by atoms with Crippen LogP contribution in [-0.4, -0.2) is 73.6 Å². The van der Waals surface area contributed by atoms with Gasteiger partial charge in [-0.05, 0) is 44.9 Å². The second-order valence-electron chi connectivity index (χ2n) is 8.05. The Hall–Kier alpha value is -2.17. The predicted molar refractivity (Wildman–Crippen MR) is 116 cm³/mol. The van der Waals surface area contributed by atoms with Gasteiger partial charge < -0.3 is 14.2 Å². The molecule has 10 heteroatoms. The van der Waals surface area contributed by atoms with Gasteiger partial charge in [0.1, 0.15) is 0 Å². The summed E-state index contributed by atoms with van der Waals surface area (Å²) < 4.78 is 32.6. The summed E-state index contributed by atoms with van der Waals surface area (Å²) in [5.41, 5.74) is 0. The Labute approximate surface area is 186 Å². The summed E-state index contributed by atoms with van der Waals surface area (Å²) in [6.45, 7) is 6.16. The molecule has 0 aliphatic carbocycles. The maximum atomic E-state index is 13.0. The van der Waals surface area contributed by atoms with Crippen LogP contribution < -0.4 is 0 Å². The number of nitrogens with zero attached hydrogens (tertiary/aromatic N) is 3. The van der Waals surface area contributed by atoms with Crippen molar-refractivity contribution in [2.45, 2.75) is 31.6 Å². The first-order valence-corrected chi connectivity index (χ1v) is 12.7. The number of thiophene rings is 1. The summed E-state index contributed by atoms with van der Waals surface area (Å²) in [5, 5.41) is 0. The highest BCUT2D eigenvalue weighted by molar-refractivity contribution is 7.89. The highest BCUT2D eigenvalue weighted by Gasteiger charge is 2.35. The van der Waals surface area contributed by atoms with E-state index in [2.05, 4.69) is 0 Å². The second kappa shape index (κ2) is 8.76. The van der Waals surface area contributed by atoms with E-state index < -0.39 is 10.0 Å². The van der Waals surface area contributed by atoms with Gasteiger partial charge in [0.2, 0.25) is 15.9 Å². The van der Waals surface area contributed by atoms with E-state index in [1.54, 1.807) is 28.0 Å². The molecule has 0 atom stereocenters. The second-order valence-corrected chi connectivity index (χ2v) is 11.4. The molecule has 2 amide bonds. The zero-order valence-electron chi connectivity index (χ0n) is 17.7. The fourth-order valence-electron chi connectivity index (χ4n) is 4.30. The lowest BCUT2D eigenvalue weighted by molar-refractivity contribution is -0.138. The average molecular weight is 466 g/mol. The number of amides is 2. The summed E-state index contributed by atoms with van der Waals surface area (Å²) in [7, 11) is -3.53. The standard InChI is InChI=1S/C21H27N3O5S2/c1-15-14-19(16(2)30-15)31(27,28)24-11-9-23(10-12-24)20(25)17-5-7-22(8-6-17)21(26)18-4-3-13-29-18/h3-4,13-14,17H,5-12H2,1-2H3. The number of aryl methyl sites for hydroxylation is 2. The van der Waals surface area contributed by atoms with Gasteiger partial charge in [0.05, 0.1) is 11.2 Å².